The van der Waals surface area contributed by atoms with Crippen LogP contribution in [0.1, 0.15) is 37.7 Å². The highest BCUT2D eigenvalue weighted by molar-refractivity contribution is 6.04. The number of pyridine rings is 4. The first-order valence-electron chi connectivity index (χ1n) is 31.4. The third kappa shape index (κ3) is 14.5. The molecule has 23 nitrogen and oxygen atoms in total. The summed E-state index contributed by atoms with van der Waals surface area (Å²) < 4.78 is 37.1. The van der Waals surface area contributed by atoms with Gasteiger partial charge in [-0.3, -0.25) is 19.2 Å². The fourth-order valence-corrected chi connectivity index (χ4v) is 11.5. The predicted octanol–water partition coefficient (Wildman–Crippen LogP) is 12.1. The summed E-state index contributed by atoms with van der Waals surface area (Å²) in [5, 5.41) is 32.4. The summed E-state index contributed by atoms with van der Waals surface area (Å²) in [4.78, 5) is 89.0. The van der Waals surface area contributed by atoms with Crippen molar-refractivity contribution in [3.05, 3.63) is 245 Å². The first-order chi connectivity index (χ1) is 48.3. The van der Waals surface area contributed by atoms with Crippen LogP contribution in [0.5, 0.6) is 34.5 Å². The second-order valence-corrected chi connectivity index (χ2v) is 23.2. The quantitative estimate of drug-likeness (QED) is 0.0619. The smallest absolute Gasteiger partial charge is 0.361 e. The number of H-pyrrole nitrogens is 4. The molecule has 0 aliphatic carbocycles. The molecule has 0 spiro atoms. The number of aromatic nitrogens is 7. The van der Waals surface area contributed by atoms with E-state index in [1.165, 1.54) is 38.7 Å². The highest BCUT2D eigenvalue weighted by atomic mass is 16.5. The number of rotatable bonds is 12. The molecule has 0 atom stereocenters. The minimum Gasteiger partial charge on any atom is -0.508 e. The first kappa shape index (κ1) is 68.6. The normalized spacial score (nSPS) is 11.8. The maximum Gasteiger partial charge on any atom is 0.361 e. The molecule has 1 aliphatic rings. The van der Waals surface area contributed by atoms with Gasteiger partial charge in [0.05, 0.1) is 106 Å². The lowest BCUT2D eigenvalue weighted by molar-refractivity contribution is 0.0546. The van der Waals surface area contributed by atoms with Gasteiger partial charge in [0.25, 0.3) is 22.2 Å². The third-order valence-corrected chi connectivity index (χ3v) is 16.8. The Morgan fingerprint density at radius 1 is 0.430 bits per heavy atom. The molecule has 508 valence electrons. The van der Waals surface area contributed by atoms with Gasteiger partial charge in [0.1, 0.15) is 34.5 Å². The van der Waals surface area contributed by atoms with E-state index in [0.717, 1.165) is 63.1 Å². The number of morpholine rings is 1. The molecule has 6 heterocycles. The molecule has 1 saturated heterocycles. The molecule has 100 heavy (non-hydrogen) atoms. The van der Waals surface area contributed by atoms with Gasteiger partial charge in [0.15, 0.2) is 5.69 Å². The molecule has 1 aliphatic heterocycles. The summed E-state index contributed by atoms with van der Waals surface area (Å²) >= 11 is 0. The van der Waals surface area contributed by atoms with Crippen LogP contribution in [-0.4, -0.2) is 126 Å². The number of ether oxygens (including phenoxy) is 7. The van der Waals surface area contributed by atoms with Gasteiger partial charge < -0.3 is 68.2 Å². The van der Waals surface area contributed by atoms with Gasteiger partial charge in [-0.1, -0.05) is 101 Å². The van der Waals surface area contributed by atoms with E-state index in [1.54, 1.807) is 87.0 Å². The number of benzene rings is 8. The van der Waals surface area contributed by atoms with Crippen molar-refractivity contribution in [2.45, 2.75) is 20.8 Å². The van der Waals surface area contributed by atoms with E-state index in [-0.39, 0.29) is 45.1 Å². The highest BCUT2D eigenvalue weighted by Gasteiger charge is 2.31. The summed E-state index contributed by atoms with van der Waals surface area (Å²) in [7, 11) is 8.56. The number of hydrogen-bond donors (Lipinski definition) is 6. The van der Waals surface area contributed by atoms with Crippen LogP contribution >= 0.6 is 0 Å². The van der Waals surface area contributed by atoms with Crippen LogP contribution < -0.4 is 46.1 Å². The fourth-order valence-electron chi connectivity index (χ4n) is 11.5. The zero-order valence-corrected chi connectivity index (χ0v) is 56.1. The number of phenolic OH excluding ortho intramolecular Hbond substituents is 1. The second-order valence-electron chi connectivity index (χ2n) is 23.2. The molecular weight excluding hydrogens is 1280 g/mol. The fraction of sp³-hybridized carbons (Fsp3) is 0.169. The molecule has 8 aromatic carbocycles. The number of aromatic amines is 4. The highest BCUT2D eigenvalue weighted by Crippen LogP contribution is 2.38. The molecule has 5 aromatic heterocycles. The van der Waals surface area contributed by atoms with Gasteiger partial charge in [0.2, 0.25) is 5.69 Å². The molecular formula is C77H70N8O15. The van der Waals surface area contributed by atoms with E-state index in [9.17, 15) is 39.0 Å². The van der Waals surface area contributed by atoms with Crippen molar-refractivity contribution in [2.24, 2.45) is 0 Å². The molecule has 13 aromatic rings. The minimum atomic E-state index is -0.853. The number of anilines is 1. The molecule has 23 heteroatoms. The topological polar surface area (TPSA) is 305 Å². The van der Waals surface area contributed by atoms with Gasteiger partial charge in [-0.25, -0.2) is 14.3 Å². The number of carbonyl (C=O) groups is 2. The lowest BCUT2D eigenvalue weighted by Crippen LogP contribution is -2.37. The maximum absolute atomic E-state index is 13.0. The number of nitrogens with one attached hydrogen (secondary N) is 4. The lowest BCUT2D eigenvalue weighted by Gasteiger charge is -2.31. The Bertz CT molecular complexity index is 5450. The van der Waals surface area contributed by atoms with Crippen molar-refractivity contribution in [3.8, 4) is 85.2 Å². The van der Waals surface area contributed by atoms with Crippen LogP contribution in [0, 0.1) is 20.8 Å². The second kappa shape index (κ2) is 30.1. The van der Waals surface area contributed by atoms with Crippen molar-refractivity contribution in [3.63, 3.8) is 0 Å². The minimum absolute atomic E-state index is 0.0658. The summed E-state index contributed by atoms with van der Waals surface area (Å²) in [6.07, 6.45) is 0. The van der Waals surface area contributed by atoms with Crippen LogP contribution in [0.15, 0.2) is 195 Å². The molecule has 14 rings (SSSR count). The van der Waals surface area contributed by atoms with Gasteiger partial charge in [-0.05, 0) is 129 Å². The van der Waals surface area contributed by atoms with Crippen molar-refractivity contribution in [1.29, 1.82) is 0 Å². The lowest BCUT2D eigenvalue weighted by atomic mass is 10.0. The van der Waals surface area contributed by atoms with Crippen molar-refractivity contribution >= 4 is 60.7 Å². The molecule has 0 amide bonds. The number of aromatic hydroxyl groups is 2. The summed E-state index contributed by atoms with van der Waals surface area (Å²) in [5.41, 5.74) is 8.95. The third-order valence-electron chi connectivity index (χ3n) is 16.8. The number of nitrogens with zero attached hydrogens (tertiary/aromatic N) is 4. The Labute approximate surface area is 571 Å². The average Bonchev–Trinajstić information content (AvgIpc) is 1.29. The summed E-state index contributed by atoms with van der Waals surface area (Å²) in [6, 6.07) is 52.9. The first-order valence-corrected chi connectivity index (χ1v) is 31.4. The number of carbonyl (C=O) groups excluding carboxylic acids is 2. The van der Waals surface area contributed by atoms with E-state index < -0.39 is 11.9 Å². The van der Waals surface area contributed by atoms with Crippen LogP contribution in [-0.2, 0) is 14.2 Å². The Morgan fingerprint density at radius 3 is 1.31 bits per heavy atom. The van der Waals surface area contributed by atoms with E-state index in [4.69, 9.17) is 33.2 Å². The molecule has 1 fully saturated rings. The molecule has 6 N–H and O–H groups in total. The summed E-state index contributed by atoms with van der Waals surface area (Å²) in [6.45, 7) is 8.95. The molecule has 0 radical (unpaired) electrons. The van der Waals surface area contributed by atoms with E-state index >= 15 is 0 Å². The largest absolute Gasteiger partial charge is 0.508 e. The number of aryl methyl sites for hydroxylation is 3. The van der Waals surface area contributed by atoms with E-state index in [1.807, 2.05) is 92.7 Å². The molecule has 0 unspecified atom stereocenters. The number of hydrogen-bond acceptors (Lipinski definition) is 18. The van der Waals surface area contributed by atoms with Crippen molar-refractivity contribution < 1.29 is 53.0 Å². The SMILES string of the molecule is COC(=O)c1nnn(-c2c(-c3ccc(C)cc3)[nH]c(=O)c3cc(OC)ccc23)c1C(=O)OC.COc1ccc2c(N3CCOCC3)c(-c3ccc(C)cc3)[nH]c(=O)c2c1.COc1ccc2c(O)c(-c3ccc(C)cc3)[nH]c(=O)c2c1.COc1ccc2cc(-c3ccc(O)cc3)[nH]c(=O)c2c1. The maximum atomic E-state index is 13.0. The van der Waals surface area contributed by atoms with Gasteiger partial charge in [-0.2, -0.15) is 0 Å². The summed E-state index contributed by atoms with van der Waals surface area (Å²) in [5.74, 6) is 0.953. The zero-order chi connectivity index (χ0) is 70.9. The monoisotopic (exact) mass is 1350 g/mol. The van der Waals surface area contributed by atoms with Crippen LogP contribution in [0.4, 0.5) is 5.69 Å². The molecule has 0 saturated carbocycles. The Kier molecular flexibility index (Phi) is 20.7. The van der Waals surface area contributed by atoms with Gasteiger partial charge >= 0.3 is 11.9 Å². The van der Waals surface area contributed by atoms with Crippen LogP contribution in [0.3, 0.4) is 0 Å². The van der Waals surface area contributed by atoms with Crippen LogP contribution in [0.25, 0.3) is 93.8 Å². The molecule has 0 bridgehead atoms. The Balaban J connectivity index is 0.000000137. The standard InChI is InChI=1S/C23H20N4O6.C21H22N2O3.C17H15NO3.C16H13NO3/c1-12-5-7-13(8-6-12)17-19(15-10-9-14(31-2)11-16(15)21(28)24-17)27-20(23(30)33-4)18(25-26-27)22(29)32-3;1-14-3-5-15(6-4-14)19-20(23-9-11-26-12-10-23)17-8-7-16(25-2)13-18(17)21(24)22-19;1-10-3-5-11(6-4-10)15-16(19)13-8-7-12(21-2)9-14(13)17(20)18-15;1-20-13-7-4-11-8-15(17-16(19)14(11)9-13)10-2-5-12(18)6-3-10/h5-11H,1-4H3,(H,24,28);3-8,13H,9-12H2,1-2H3,(H,22,24);3-9,19H,1-2H3,(H,18,20);2-9,18H,1H3,(H,17,19). The number of esters is 2. The van der Waals surface area contributed by atoms with E-state index in [0.29, 0.717) is 96.9 Å². The zero-order valence-electron chi connectivity index (χ0n) is 56.1. The van der Waals surface area contributed by atoms with Crippen molar-refractivity contribution in [2.75, 3.05) is 73.9 Å². The van der Waals surface area contributed by atoms with Crippen molar-refractivity contribution in [1.82, 2.24) is 34.9 Å². The predicted molar refractivity (Wildman–Crippen MR) is 384 cm³/mol. The number of fused-ring (bicyclic) bond motifs is 4. The average molecular weight is 1350 g/mol. The van der Waals surface area contributed by atoms with Crippen LogP contribution in [0.2, 0.25) is 0 Å². The Morgan fingerprint density at radius 2 is 0.830 bits per heavy atom. The van der Waals surface area contributed by atoms with Gasteiger partial charge in [0, 0.05) is 51.6 Å². The van der Waals surface area contributed by atoms with Gasteiger partial charge in [-0.15, -0.1) is 5.10 Å². The van der Waals surface area contributed by atoms with E-state index in [2.05, 4.69) is 66.3 Å². The Hall–Kier alpha value is -12.8. The number of methoxy groups -OCH3 is 6. The number of phenols is 1.